The predicted octanol–water partition coefficient (Wildman–Crippen LogP) is 1.81. The maximum atomic E-state index is 3.89. The molecule has 0 radical (unpaired) electrons. The van der Waals surface area contributed by atoms with Crippen molar-refractivity contribution in [2.75, 3.05) is 25.9 Å². The number of piperidine rings is 1. The van der Waals surface area contributed by atoms with Gasteiger partial charge in [0.15, 0.2) is 0 Å². The summed E-state index contributed by atoms with van der Waals surface area (Å²) in [5.41, 5.74) is 0. The highest BCUT2D eigenvalue weighted by Crippen LogP contribution is 2.28. The van der Waals surface area contributed by atoms with Gasteiger partial charge in [-0.3, -0.25) is 0 Å². The molecule has 2 fully saturated rings. The van der Waals surface area contributed by atoms with Gasteiger partial charge < -0.3 is 10.2 Å². The highest BCUT2D eigenvalue weighted by molar-refractivity contribution is 8.00. The van der Waals surface area contributed by atoms with Crippen LogP contribution in [0.4, 0.5) is 0 Å². The van der Waals surface area contributed by atoms with E-state index in [4.69, 9.17) is 0 Å². The van der Waals surface area contributed by atoms with E-state index >= 15 is 0 Å². The highest BCUT2D eigenvalue weighted by atomic mass is 32.2. The fourth-order valence-electron chi connectivity index (χ4n) is 2.83. The summed E-state index contributed by atoms with van der Waals surface area (Å²) in [6.07, 6.45) is 2.69. The standard InChI is InChI=1S/C12H24N2S/c1-9-8-14(3)6-4-11(9)13-12-5-7-15-10(12)2/h9-13H,4-8H2,1-3H3. The van der Waals surface area contributed by atoms with Crippen LogP contribution in [0.25, 0.3) is 0 Å². The molecule has 0 aromatic rings. The monoisotopic (exact) mass is 228 g/mol. The van der Waals surface area contributed by atoms with Crippen molar-refractivity contribution in [2.45, 2.75) is 44.0 Å². The van der Waals surface area contributed by atoms with Gasteiger partial charge in [0.1, 0.15) is 0 Å². The number of hydrogen-bond acceptors (Lipinski definition) is 3. The number of hydrogen-bond donors (Lipinski definition) is 1. The summed E-state index contributed by atoms with van der Waals surface area (Å²) in [5.74, 6) is 2.15. The first-order valence-corrected chi connectivity index (χ1v) is 7.28. The summed E-state index contributed by atoms with van der Waals surface area (Å²) in [6.45, 7) is 7.28. The van der Waals surface area contributed by atoms with Crippen molar-refractivity contribution in [1.29, 1.82) is 0 Å². The molecule has 0 bridgehead atoms. The second kappa shape index (κ2) is 5.07. The molecule has 2 heterocycles. The second-order valence-corrected chi connectivity index (χ2v) is 6.76. The van der Waals surface area contributed by atoms with E-state index in [0.717, 1.165) is 23.3 Å². The lowest BCUT2D eigenvalue weighted by Gasteiger charge is -2.37. The summed E-state index contributed by atoms with van der Waals surface area (Å²) in [5, 5.41) is 4.71. The van der Waals surface area contributed by atoms with Crippen LogP contribution < -0.4 is 5.32 Å². The lowest BCUT2D eigenvalue weighted by atomic mass is 9.93. The minimum atomic E-state index is 0.757. The maximum Gasteiger partial charge on any atom is 0.0194 e. The van der Waals surface area contributed by atoms with Gasteiger partial charge in [0.05, 0.1) is 0 Å². The van der Waals surface area contributed by atoms with Crippen LogP contribution in [-0.4, -0.2) is 48.1 Å². The molecule has 0 saturated carbocycles. The van der Waals surface area contributed by atoms with Crippen LogP contribution in [0.2, 0.25) is 0 Å². The fourth-order valence-corrected chi connectivity index (χ4v) is 4.04. The summed E-state index contributed by atoms with van der Waals surface area (Å²) in [4.78, 5) is 2.45. The molecule has 3 heteroatoms. The van der Waals surface area contributed by atoms with Gasteiger partial charge in [0, 0.05) is 23.9 Å². The van der Waals surface area contributed by atoms with E-state index in [1.165, 1.54) is 31.7 Å². The molecule has 15 heavy (non-hydrogen) atoms. The second-order valence-electron chi connectivity index (χ2n) is 5.27. The first-order valence-electron chi connectivity index (χ1n) is 6.23. The zero-order valence-electron chi connectivity index (χ0n) is 10.2. The van der Waals surface area contributed by atoms with Crippen molar-refractivity contribution < 1.29 is 0 Å². The van der Waals surface area contributed by atoms with Crippen molar-refractivity contribution in [3.05, 3.63) is 0 Å². The Balaban J connectivity index is 1.83. The van der Waals surface area contributed by atoms with E-state index in [1.54, 1.807) is 0 Å². The Morgan fingerprint density at radius 3 is 2.60 bits per heavy atom. The van der Waals surface area contributed by atoms with Gasteiger partial charge in [-0.1, -0.05) is 13.8 Å². The first-order chi connectivity index (χ1) is 7.16. The Kier molecular flexibility index (Phi) is 3.97. The van der Waals surface area contributed by atoms with Crippen molar-refractivity contribution in [3.8, 4) is 0 Å². The van der Waals surface area contributed by atoms with E-state index in [9.17, 15) is 0 Å². The summed E-state index contributed by atoms with van der Waals surface area (Å²) < 4.78 is 0. The molecule has 0 aromatic heterocycles. The average molecular weight is 228 g/mol. The van der Waals surface area contributed by atoms with Gasteiger partial charge in [-0.25, -0.2) is 0 Å². The lowest BCUT2D eigenvalue weighted by molar-refractivity contribution is 0.166. The molecular formula is C12H24N2S. The van der Waals surface area contributed by atoms with Gasteiger partial charge in [-0.2, -0.15) is 11.8 Å². The summed E-state index contributed by atoms with van der Waals surface area (Å²) >= 11 is 2.12. The minimum absolute atomic E-state index is 0.757. The molecule has 2 saturated heterocycles. The van der Waals surface area contributed by atoms with Crippen LogP contribution in [0, 0.1) is 5.92 Å². The van der Waals surface area contributed by atoms with Crippen molar-refractivity contribution in [2.24, 2.45) is 5.92 Å². The van der Waals surface area contributed by atoms with Crippen LogP contribution >= 0.6 is 11.8 Å². The quantitative estimate of drug-likeness (QED) is 0.776. The lowest BCUT2D eigenvalue weighted by Crippen LogP contribution is -2.51. The topological polar surface area (TPSA) is 15.3 Å². The highest BCUT2D eigenvalue weighted by Gasteiger charge is 2.30. The van der Waals surface area contributed by atoms with E-state index in [1.807, 2.05) is 0 Å². The van der Waals surface area contributed by atoms with Gasteiger partial charge in [0.2, 0.25) is 0 Å². The molecule has 1 N–H and O–H groups in total. The van der Waals surface area contributed by atoms with Gasteiger partial charge >= 0.3 is 0 Å². The van der Waals surface area contributed by atoms with Crippen LogP contribution in [0.1, 0.15) is 26.7 Å². The van der Waals surface area contributed by atoms with Gasteiger partial charge in [-0.05, 0) is 38.1 Å². The maximum absolute atomic E-state index is 3.89. The third kappa shape index (κ3) is 2.89. The van der Waals surface area contributed by atoms with E-state index in [2.05, 4.69) is 42.9 Å². The minimum Gasteiger partial charge on any atom is -0.310 e. The zero-order valence-corrected chi connectivity index (χ0v) is 11.0. The van der Waals surface area contributed by atoms with Crippen LogP contribution in [-0.2, 0) is 0 Å². The molecule has 2 rings (SSSR count). The van der Waals surface area contributed by atoms with Crippen LogP contribution in [0.3, 0.4) is 0 Å². The Hall–Kier alpha value is 0.270. The SMILES string of the molecule is CC1CN(C)CCC1NC1CCSC1C. The summed E-state index contributed by atoms with van der Waals surface area (Å²) in [6, 6.07) is 1.53. The normalized spacial score (nSPS) is 43.4. The third-order valence-electron chi connectivity index (χ3n) is 3.91. The Morgan fingerprint density at radius 1 is 1.20 bits per heavy atom. The molecule has 0 aromatic carbocycles. The average Bonchev–Trinajstić information content (AvgIpc) is 2.57. The molecule has 0 spiro atoms. The largest absolute Gasteiger partial charge is 0.310 e. The molecule has 4 unspecified atom stereocenters. The van der Waals surface area contributed by atoms with Gasteiger partial charge in [0.25, 0.3) is 0 Å². The van der Waals surface area contributed by atoms with Crippen LogP contribution in [0.5, 0.6) is 0 Å². The molecule has 2 aliphatic rings. The number of likely N-dealkylation sites (tertiary alicyclic amines) is 1. The smallest absolute Gasteiger partial charge is 0.0194 e. The predicted molar refractivity (Wildman–Crippen MR) is 68.5 cm³/mol. The van der Waals surface area contributed by atoms with Crippen molar-refractivity contribution >= 4 is 11.8 Å². The van der Waals surface area contributed by atoms with Crippen molar-refractivity contribution in [1.82, 2.24) is 10.2 Å². The molecule has 88 valence electrons. The van der Waals surface area contributed by atoms with Crippen LogP contribution in [0.15, 0.2) is 0 Å². The molecular weight excluding hydrogens is 204 g/mol. The molecule has 0 amide bonds. The molecule has 2 nitrogen and oxygen atoms in total. The number of nitrogens with one attached hydrogen (secondary N) is 1. The van der Waals surface area contributed by atoms with Gasteiger partial charge in [-0.15, -0.1) is 0 Å². The zero-order chi connectivity index (χ0) is 10.8. The third-order valence-corrected chi connectivity index (χ3v) is 5.24. The Morgan fingerprint density at radius 2 is 2.00 bits per heavy atom. The fraction of sp³-hybridized carbons (Fsp3) is 1.00. The Bertz CT molecular complexity index is 210. The number of nitrogens with zero attached hydrogens (tertiary/aromatic N) is 1. The number of thioether (sulfide) groups is 1. The first kappa shape index (κ1) is 11.7. The molecule has 4 atom stereocenters. The van der Waals surface area contributed by atoms with E-state index in [-0.39, 0.29) is 0 Å². The van der Waals surface area contributed by atoms with Crippen molar-refractivity contribution in [3.63, 3.8) is 0 Å². The van der Waals surface area contributed by atoms with E-state index in [0.29, 0.717) is 0 Å². The summed E-state index contributed by atoms with van der Waals surface area (Å²) in [7, 11) is 2.24. The Labute approximate surface area is 98.2 Å². The molecule has 0 aliphatic carbocycles. The molecule has 2 aliphatic heterocycles. The number of rotatable bonds is 2. The van der Waals surface area contributed by atoms with E-state index < -0.39 is 0 Å².